The van der Waals surface area contributed by atoms with Crippen LogP contribution in [0.25, 0.3) is 0 Å². The van der Waals surface area contributed by atoms with E-state index >= 15 is 0 Å². The minimum atomic E-state index is -3.54. The topological polar surface area (TPSA) is 83.6 Å². The van der Waals surface area contributed by atoms with Crippen molar-refractivity contribution < 1.29 is 18.0 Å². The summed E-state index contributed by atoms with van der Waals surface area (Å²) in [5.74, 6) is -1.16. The van der Waals surface area contributed by atoms with E-state index in [-0.39, 0.29) is 23.6 Å². The van der Waals surface area contributed by atoms with Gasteiger partial charge in [0.05, 0.1) is 27.9 Å². The second-order valence-electron chi connectivity index (χ2n) is 5.66. The van der Waals surface area contributed by atoms with E-state index < -0.39 is 21.7 Å². The third-order valence-corrected chi connectivity index (χ3v) is 5.70. The third kappa shape index (κ3) is 5.57. The minimum Gasteiger partial charge on any atom is -0.336 e. The molecule has 0 radical (unpaired) electrons. The molecule has 0 fully saturated rings. The number of nitrogens with zero attached hydrogens (tertiary/aromatic N) is 1. The summed E-state index contributed by atoms with van der Waals surface area (Å²) in [5.41, 5.74) is 0.451. The number of likely N-dealkylation sites (N-methyl/N-ethyl adjacent to an activating group) is 1. The van der Waals surface area contributed by atoms with E-state index in [1.807, 2.05) is 0 Å². The Labute approximate surface area is 157 Å². The summed E-state index contributed by atoms with van der Waals surface area (Å²) < 4.78 is 24.4. The minimum absolute atomic E-state index is 0.173. The number of para-hydroxylation sites is 1. The molecule has 0 bridgehead atoms. The van der Waals surface area contributed by atoms with Crippen LogP contribution in [0.15, 0.2) is 59.5 Å². The number of anilines is 1. The molecule has 2 aromatic carbocycles. The fraction of sp³-hybridized carbons (Fsp3) is 0.222. The van der Waals surface area contributed by atoms with Crippen LogP contribution in [-0.4, -0.2) is 44.5 Å². The van der Waals surface area contributed by atoms with Gasteiger partial charge in [0.2, 0.25) is 11.8 Å². The second-order valence-corrected chi connectivity index (χ2v) is 8.18. The van der Waals surface area contributed by atoms with Crippen molar-refractivity contribution in [1.29, 1.82) is 0 Å². The summed E-state index contributed by atoms with van der Waals surface area (Å²) in [6.07, 6.45) is -0.201. The highest BCUT2D eigenvalue weighted by Gasteiger charge is 2.19. The molecule has 2 amide bonds. The van der Waals surface area contributed by atoms with E-state index in [9.17, 15) is 18.0 Å². The molecular weight excluding hydrogens is 376 g/mol. The number of halogens is 1. The molecule has 26 heavy (non-hydrogen) atoms. The molecular formula is C18H19ClN2O4S. The molecule has 0 atom stereocenters. The third-order valence-electron chi connectivity index (χ3n) is 3.64. The van der Waals surface area contributed by atoms with Crippen LogP contribution in [0.3, 0.4) is 0 Å². The van der Waals surface area contributed by atoms with Gasteiger partial charge in [0.1, 0.15) is 0 Å². The van der Waals surface area contributed by atoms with Crippen LogP contribution in [0, 0.1) is 0 Å². The van der Waals surface area contributed by atoms with Gasteiger partial charge in [-0.15, -0.1) is 0 Å². The quantitative estimate of drug-likeness (QED) is 0.782. The van der Waals surface area contributed by atoms with E-state index in [0.717, 1.165) is 0 Å². The molecule has 0 aliphatic carbocycles. The Bertz CT molecular complexity index is 885. The first-order valence-corrected chi connectivity index (χ1v) is 9.89. The van der Waals surface area contributed by atoms with E-state index in [1.54, 1.807) is 42.5 Å². The van der Waals surface area contributed by atoms with Crippen LogP contribution in [-0.2, 0) is 19.4 Å². The summed E-state index contributed by atoms with van der Waals surface area (Å²) in [4.78, 5) is 25.5. The highest BCUT2D eigenvalue weighted by molar-refractivity contribution is 7.91. The van der Waals surface area contributed by atoms with Crippen LogP contribution in [0.1, 0.15) is 6.42 Å². The SMILES string of the molecule is CN(CC(=O)Nc1ccccc1Cl)C(=O)CCS(=O)(=O)c1ccccc1. The molecule has 8 heteroatoms. The van der Waals surface area contributed by atoms with E-state index in [2.05, 4.69) is 5.32 Å². The highest BCUT2D eigenvalue weighted by Crippen LogP contribution is 2.20. The second kappa shape index (κ2) is 8.82. The van der Waals surface area contributed by atoms with E-state index in [4.69, 9.17) is 11.6 Å². The number of carbonyl (C=O) groups is 2. The van der Waals surface area contributed by atoms with Crippen LogP contribution in [0.2, 0.25) is 5.02 Å². The largest absolute Gasteiger partial charge is 0.336 e. The molecule has 138 valence electrons. The van der Waals surface area contributed by atoms with Gasteiger partial charge in [-0.25, -0.2) is 8.42 Å². The summed E-state index contributed by atoms with van der Waals surface area (Å²) in [6, 6.07) is 14.7. The van der Waals surface area contributed by atoms with Crippen LogP contribution < -0.4 is 5.32 Å². The molecule has 2 aromatic rings. The molecule has 1 N–H and O–H groups in total. The number of hydrogen-bond acceptors (Lipinski definition) is 4. The van der Waals surface area contributed by atoms with Crippen LogP contribution >= 0.6 is 11.6 Å². The Kier molecular flexibility index (Phi) is 6.76. The van der Waals surface area contributed by atoms with E-state index in [1.165, 1.54) is 24.1 Å². The molecule has 0 spiro atoms. The average Bonchev–Trinajstić information content (AvgIpc) is 2.62. The first-order chi connectivity index (χ1) is 12.3. The van der Waals surface area contributed by atoms with Crippen molar-refractivity contribution in [2.24, 2.45) is 0 Å². The van der Waals surface area contributed by atoms with Crippen molar-refractivity contribution in [2.75, 3.05) is 24.7 Å². The molecule has 0 unspecified atom stereocenters. The Hall–Kier alpha value is -2.38. The van der Waals surface area contributed by atoms with Gasteiger partial charge in [-0.3, -0.25) is 9.59 Å². The maximum Gasteiger partial charge on any atom is 0.244 e. The Morgan fingerprint density at radius 2 is 1.65 bits per heavy atom. The van der Waals surface area contributed by atoms with Gasteiger partial charge in [-0.2, -0.15) is 0 Å². The predicted octanol–water partition coefficient (Wildman–Crippen LogP) is 2.60. The molecule has 2 rings (SSSR count). The zero-order chi connectivity index (χ0) is 19.2. The Balaban J connectivity index is 1.87. The number of sulfone groups is 1. The number of amides is 2. The standard InChI is InChI=1S/C18H19ClN2O4S/c1-21(13-17(22)20-16-10-6-5-9-15(16)19)18(23)11-12-26(24,25)14-7-3-2-4-8-14/h2-10H,11-13H2,1H3,(H,20,22). The molecule has 6 nitrogen and oxygen atoms in total. The van der Waals surface area contributed by atoms with Gasteiger partial charge >= 0.3 is 0 Å². The smallest absolute Gasteiger partial charge is 0.244 e. The zero-order valence-corrected chi connectivity index (χ0v) is 15.8. The van der Waals surface area contributed by atoms with Gasteiger partial charge < -0.3 is 10.2 Å². The lowest BCUT2D eigenvalue weighted by Gasteiger charge is -2.17. The maximum absolute atomic E-state index is 12.2. The first-order valence-electron chi connectivity index (χ1n) is 7.86. The lowest BCUT2D eigenvalue weighted by atomic mass is 10.3. The predicted molar refractivity (Wildman–Crippen MR) is 101 cm³/mol. The molecule has 0 heterocycles. The van der Waals surface area contributed by atoms with Crippen LogP contribution in [0.4, 0.5) is 5.69 Å². The zero-order valence-electron chi connectivity index (χ0n) is 14.2. The van der Waals surface area contributed by atoms with Crippen molar-refractivity contribution in [3.05, 3.63) is 59.6 Å². The van der Waals surface area contributed by atoms with Crippen molar-refractivity contribution in [3.63, 3.8) is 0 Å². The van der Waals surface area contributed by atoms with Gasteiger partial charge in [0.15, 0.2) is 9.84 Å². The number of nitrogens with one attached hydrogen (secondary N) is 1. The first kappa shape index (κ1) is 19.9. The van der Waals surface area contributed by atoms with Gasteiger partial charge in [0.25, 0.3) is 0 Å². The van der Waals surface area contributed by atoms with E-state index in [0.29, 0.717) is 10.7 Å². The summed E-state index contributed by atoms with van der Waals surface area (Å²) in [6.45, 7) is -0.199. The fourth-order valence-electron chi connectivity index (χ4n) is 2.21. The normalized spacial score (nSPS) is 11.0. The molecule has 0 aromatic heterocycles. The molecule has 0 saturated carbocycles. The number of carbonyl (C=O) groups excluding carboxylic acids is 2. The van der Waals surface area contributed by atoms with Crippen molar-refractivity contribution in [3.8, 4) is 0 Å². The Morgan fingerprint density at radius 3 is 2.31 bits per heavy atom. The number of benzene rings is 2. The fourth-order valence-corrected chi connectivity index (χ4v) is 3.65. The number of rotatable bonds is 7. The highest BCUT2D eigenvalue weighted by atomic mass is 35.5. The monoisotopic (exact) mass is 394 g/mol. The maximum atomic E-state index is 12.2. The average molecular weight is 395 g/mol. The van der Waals surface area contributed by atoms with Gasteiger partial charge in [-0.05, 0) is 24.3 Å². The summed E-state index contributed by atoms with van der Waals surface area (Å²) in [7, 11) is -2.09. The van der Waals surface area contributed by atoms with Gasteiger partial charge in [-0.1, -0.05) is 41.9 Å². The lowest BCUT2D eigenvalue weighted by Crippen LogP contribution is -2.35. The van der Waals surface area contributed by atoms with Gasteiger partial charge in [0, 0.05) is 13.5 Å². The molecule has 0 aliphatic rings. The van der Waals surface area contributed by atoms with Crippen LogP contribution in [0.5, 0.6) is 0 Å². The van der Waals surface area contributed by atoms with Crippen molar-refractivity contribution in [1.82, 2.24) is 4.90 Å². The Morgan fingerprint density at radius 1 is 1.04 bits per heavy atom. The number of hydrogen-bond donors (Lipinski definition) is 1. The van der Waals surface area contributed by atoms with Crippen molar-refractivity contribution in [2.45, 2.75) is 11.3 Å². The molecule has 0 saturated heterocycles. The summed E-state index contributed by atoms with van der Waals surface area (Å²) in [5, 5.41) is 3.00. The van der Waals surface area contributed by atoms with Crippen molar-refractivity contribution >= 4 is 38.9 Å². The lowest BCUT2D eigenvalue weighted by molar-refractivity contribution is -0.132. The molecule has 0 aliphatic heterocycles. The summed E-state index contributed by atoms with van der Waals surface area (Å²) >= 11 is 5.96.